The highest BCUT2D eigenvalue weighted by molar-refractivity contribution is 7.89. The molecule has 1 aliphatic rings. The van der Waals surface area contributed by atoms with Crippen molar-refractivity contribution in [3.05, 3.63) is 29.6 Å². The Morgan fingerprint density at radius 2 is 1.89 bits per heavy atom. The summed E-state index contributed by atoms with van der Waals surface area (Å²) >= 11 is 0. The molecule has 1 fully saturated rings. The number of piperidine rings is 1. The molecule has 28 heavy (non-hydrogen) atoms. The predicted molar refractivity (Wildman–Crippen MR) is 104 cm³/mol. The summed E-state index contributed by atoms with van der Waals surface area (Å²) in [7, 11) is -2.53. The fourth-order valence-corrected chi connectivity index (χ4v) is 3.96. The third-order valence-electron chi connectivity index (χ3n) is 4.98. The predicted octanol–water partition coefficient (Wildman–Crippen LogP) is 1.89. The fraction of sp³-hybridized carbons (Fsp3) is 0.579. The summed E-state index contributed by atoms with van der Waals surface area (Å²) < 4.78 is 40.1. The van der Waals surface area contributed by atoms with Gasteiger partial charge < -0.3 is 10.2 Å². The van der Waals surface area contributed by atoms with E-state index in [1.165, 1.54) is 11.9 Å². The Bertz CT molecular complexity index is 805. The third kappa shape index (κ3) is 5.51. The molecule has 0 atom stereocenters. The Kier molecular flexibility index (Phi) is 7.94. The fourth-order valence-electron chi connectivity index (χ4n) is 3.20. The standard InChI is InChI=1S/C19H28FN3O4S/c1-3-4-5-10-22-18(24)14-8-11-23(12-9-14)19(25)16-13-15(6-7-17(16)20)28(26,27)21-2/h6-7,13-14,21H,3-5,8-12H2,1-2H3,(H,22,24). The Morgan fingerprint density at radius 3 is 2.50 bits per heavy atom. The summed E-state index contributed by atoms with van der Waals surface area (Å²) in [6.45, 7) is 3.41. The van der Waals surface area contributed by atoms with Crippen LogP contribution < -0.4 is 10.0 Å². The summed E-state index contributed by atoms with van der Waals surface area (Å²) in [5, 5.41) is 2.93. The summed E-state index contributed by atoms with van der Waals surface area (Å²) in [5.74, 6) is -1.49. The zero-order valence-electron chi connectivity index (χ0n) is 16.3. The third-order valence-corrected chi connectivity index (χ3v) is 6.39. The van der Waals surface area contributed by atoms with Gasteiger partial charge in [-0.1, -0.05) is 19.8 Å². The molecule has 0 aliphatic carbocycles. The molecule has 1 aromatic carbocycles. The van der Waals surface area contributed by atoms with Crippen LogP contribution in [0.25, 0.3) is 0 Å². The minimum atomic E-state index is -3.78. The van der Waals surface area contributed by atoms with Crippen molar-refractivity contribution in [3.8, 4) is 0 Å². The van der Waals surface area contributed by atoms with Gasteiger partial charge in [0.2, 0.25) is 15.9 Å². The number of carbonyl (C=O) groups is 2. The first-order chi connectivity index (χ1) is 13.3. The van der Waals surface area contributed by atoms with E-state index in [1.54, 1.807) is 0 Å². The van der Waals surface area contributed by atoms with Crippen LogP contribution in [0.4, 0.5) is 4.39 Å². The van der Waals surface area contributed by atoms with Crippen LogP contribution in [-0.4, -0.2) is 51.8 Å². The van der Waals surface area contributed by atoms with E-state index in [2.05, 4.69) is 17.0 Å². The Hall–Kier alpha value is -2.00. The molecule has 0 spiro atoms. The Labute approximate surface area is 165 Å². The molecule has 0 aromatic heterocycles. The molecule has 0 radical (unpaired) electrons. The number of benzene rings is 1. The van der Waals surface area contributed by atoms with E-state index in [9.17, 15) is 22.4 Å². The Morgan fingerprint density at radius 1 is 1.21 bits per heavy atom. The molecule has 0 saturated carbocycles. The average Bonchev–Trinajstić information content (AvgIpc) is 2.71. The topological polar surface area (TPSA) is 95.6 Å². The van der Waals surface area contributed by atoms with Gasteiger partial charge in [-0.15, -0.1) is 0 Å². The molecule has 2 N–H and O–H groups in total. The smallest absolute Gasteiger partial charge is 0.256 e. The van der Waals surface area contributed by atoms with Gasteiger partial charge >= 0.3 is 0 Å². The maximum atomic E-state index is 14.1. The summed E-state index contributed by atoms with van der Waals surface area (Å²) in [6.07, 6.45) is 4.11. The van der Waals surface area contributed by atoms with Gasteiger partial charge in [-0.2, -0.15) is 0 Å². The highest BCUT2D eigenvalue weighted by Gasteiger charge is 2.29. The van der Waals surface area contributed by atoms with E-state index < -0.39 is 21.7 Å². The maximum Gasteiger partial charge on any atom is 0.256 e. The largest absolute Gasteiger partial charge is 0.356 e. The lowest BCUT2D eigenvalue weighted by Gasteiger charge is -2.31. The molecular formula is C19H28FN3O4S. The molecule has 1 aromatic rings. The maximum absolute atomic E-state index is 14.1. The quantitative estimate of drug-likeness (QED) is 0.636. The highest BCUT2D eigenvalue weighted by atomic mass is 32.2. The van der Waals surface area contributed by atoms with Crippen LogP contribution in [0.2, 0.25) is 0 Å². The molecule has 0 bridgehead atoms. The molecular weight excluding hydrogens is 385 g/mol. The first kappa shape index (κ1) is 22.3. The zero-order chi connectivity index (χ0) is 20.7. The van der Waals surface area contributed by atoms with Crippen LogP contribution in [0.3, 0.4) is 0 Å². The van der Waals surface area contributed by atoms with E-state index in [0.717, 1.165) is 37.5 Å². The minimum absolute atomic E-state index is 0.00325. The number of hydrogen-bond acceptors (Lipinski definition) is 4. The van der Waals surface area contributed by atoms with Crippen molar-refractivity contribution >= 4 is 21.8 Å². The molecule has 1 heterocycles. The van der Waals surface area contributed by atoms with Crippen molar-refractivity contribution in [2.45, 2.75) is 43.9 Å². The van der Waals surface area contributed by atoms with Gasteiger partial charge in [0, 0.05) is 25.6 Å². The number of nitrogens with one attached hydrogen (secondary N) is 2. The Balaban J connectivity index is 1.98. The van der Waals surface area contributed by atoms with Gasteiger partial charge in [0.15, 0.2) is 0 Å². The summed E-state index contributed by atoms with van der Waals surface area (Å²) in [5.41, 5.74) is -0.279. The van der Waals surface area contributed by atoms with Crippen LogP contribution in [0, 0.1) is 11.7 Å². The van der Waals surface area contributed by atoms with Crippen molar-refractivity contribution in [1.29, 1.82) is 0 Å². The molecule has 7 nitrogen and oxygen atoms in total. The minimum Gasteiger partial charge on any atom is -0.356 e. The van der Waals surface area contributed by atoms with Gasteiger partial charge in [-0.05, 0) is 44.5 Å². The number of hydrogen-bond donors (Lipinski definition) is 2. The first-order valence-corrected chi connectivity index (χ1v) is 11.1. The summed E-state index contributed by atoms with van der Waals surface area (Å²) in [6, 6.07) is 3.15. The number of amides is 2. The lowest BCUT2D eigenvalue weighted by molar-refractivity contribution is -0.126. The monoisotopic (exact) mass is 413 g/mol. The summed E-state index contributed by atoms with van der Waals surface area (Å²) in [4.78, 5) is 26.2. The second-order valence-corrected chi connectivity index (χ2v) is 8.80. The van der Waals surface area contributed by atoms with Crippen LogP contribution >= 0.6 is 0 Å². The van der Waals surface area contributed by atoms with Crippen molar-refractivity contribution in [2.75, 3.05) is 26.7 Å². The van der Waals surface area contributed by atoms with Crippen molar-refractivity contribution in [3.63, 3.8) is 0 Å². The van der Waals surface area contributed by atoms with Crippen molar-refractivity contribution < 1.29 is 22.4 Å². The SMILES string of the molecule is CCCCCNC(=O)C1CCN(C(=O)c2cc(S(=O)(=O)NC)ccc2F)CC1. The van der Waals surface area contributed by atoms with Gasteiger partial charge in [0.05, 0.1) is 10.5 Å². The number of rotatable bonds is 8. The van der Waals surface area contributed by atoms with Crippen LogP contribution in [0.1, 0.15) is 49.4 Å². The molecule has 1 aliphatic heterocycles. The molecule has 1 saturated heterocycles. The number of carbonyl (C=O) groups excluding carboxylic acids is 2. The molecule has 0 unspecified atom stereocenters. The first-order valence-electron chi connectivity index (χ1n) is 9.60. The second-order valence-electron chi connectivity index (χ2n) is 6.91. The average molecular weight is 414 g/mol. The van der Waals surface area contributed by atoms with Crippen molar-refractivity contribution in [1.82, 2.24) is 14.9 Å². The number of likely N-dealkylation sites (tertiary alicyclic amines) is 1. The highest BCUT2D eigenvalue weighted by Crippen LogP contribution is 2.22. The van der Waals surface area contributed by atoms with Gasteiger partial charge in [0.25, 0.3) is 5.91 Å². The van der Waals surface area contributed by atoms with Crippen LogP contribution in [-0.2, 0) is 14.8 Å². The van der Waals surface area contributed by atoms with Crippen LogP contribution in [0.15, 0.2) is 23.1 Å². The van der Waals surface area contributed by atoms with E-state index in [0.29, 0.717) is 32.5 Å². The van der Waals surface area contributed by atoms with E-state index in [-0.39, 0.29) is 22.3 Å². The molecule has 9 heteroatoms. The second kappa shape index (κ2) is 9.97. The van der Waals surface area contributed by atoms with Gasteiger partial charge in [-0.3, -0.25) is 9.59 Å². The molecule has 2 rings (SSSR count). The number of nitrogens with zero attached hydrogens (tertiary/aromatic N) is 1. The van der Waals surface area contributed by atoms with Gasteiger partial charge in [0.1, 0.15) is 5.82 Å². The normalized spacial score (nSPS) is 15.5. The number of sulfonamides is 1. The molecule has 156 valence electrons. The lowest BCUT2D eigenvalue weighted by Crippen LogP contribution is -2.43. The number of unbranched alkanes of at least 4 members (excludes halogenated alkanes) is 2. The van der Waals surface area contributed by atoms with E-state index >= 15 is 0 Å². The zero-order valence-corrected chi connectivity index (χ0v) is 17.1. The number of halogens is 1. The van der Waals surface area contributed by atoms with Gasteiger partial charge in [-0.25, -0.2) is 17.5 Å². The van der Waals surface area contributed by atoms with E-state index in [1.807, 2.05) is 0 Å². The van der Waals surface area contributed by atoms with E-state index in [4.69, 9.17) is 0 Å². The van der Waals surface area contributed by atoms with Crippen LogP contribution in [0.5, 0.6) is 0 Å². The van der Waals surface area contributed by atoms with Crippen molar-refractivity contribution in [2.24, 2.45) is 5.92 Å². The molecule has 2 amide bonds. The lowest BCUT2D eigenvalue weighted by atomic mass is 9.95.